The minimum absolute atomic E-state index is 0.150. The highest BCUT2D eigenvalue weighted by atomic mass is 16.6. The van der Waals surface area contributed by atoms with Crippen LogP contribution >= 0.6 is 0 Å². The number of hydrogen-bond acceptors (Lipinski definition) is 10. The topological polar surface area (TPSA) is 138 Å². The Hall–Kier alpha value is -4.35. The van der Waals surface area contributed by atoms with Crippen LogP contribution in [0.25, 0.3) is 0 Å². The number of benzene rings is 2. The second-order valence-corrected chi connectivity index (χ2v) is 8.35. The molecular formula is C28H29BO10. The molecule has 2 N–H and O–H groups in total. The second kappa shape index (κ2) is 14.6. The molecule has 2 aromatic rings. The second-order valence-electron chi connectivity index (χ2n) is 8.35. The molecule has 0 aliphatic heterocycles. The third-order valence-electron chi connectivity index (χ3n) is 5.59. The number of carbonyl (C=O) groups excluding carboxylic acids is 3. The molecule has 0 heterocycles. The molecular weight excluding hydrogens is 507 g/mol. The van der Waals surface area contributed by atoms with E-state index in [0.717, 1.165) is 6.08 Å². The van der Waals surface area contributed by atoms with Gasteiger partial charge in [0.2, 0.25) is 0 Å². The first-order valence-corrected chi connectivity index (χ1v) is 12.2. The molecule has 2 aromatic carbocycles. The predicted molar refractivity (Wildman–Crippen MR) is 142 cm³/mol. The van der Waals surface area contributed by atoms with Crippen LogP contribution in [0, 0.1) is 5.92 Å². The number of methoxy groups -OCH3 is 1. The van der Waals surface area contributed by atoms with Gasteiger partial charge in [-0.05, 0) is 67.2 Å². The van der Waals surface area contributed by atoms with Gasteiger partial charge >= 0.3 is 25.0 Å². The molecule has 11 heteroatoms. The Balaban J connectivity index is 1.49. The SMILES string of the molecule is C=CC(=O)OCCCCOC1=CCC(C(=O)Oc2ccc(C(=O)Oc3ccc(B(O)O)cc3)cc2OC)C=C1. The Morgan fingerprint density at radius 1 is 1.03 bits per heavy atom. The number of ether oxygens (including phenoxy) is 5. The summed E-state index contributed by atoms with van der Waals surface area (Å²) in [6.45, 7) is 4.08. The average Bonchev–Trinajstić information content (AvgIpc) is 2.95. The fourth-order valence-electron chi connectivity index (χ4n) is 3.45. The van der Waals surface area contributed by atoms with E-state index >= 15 is 0 Å². The average molecular weight is 536 g/mol. The third-order valence-corrected chi connectivity index (χ3v) is 5.59. The minimum Gasteiger partial charge on any atom is -0.494 e. The maximum Gasteiger partial charge on any atom is 0.488 e. The Kier molecular flexibility index (Phi) is 10.9. The summed E-state index contributed by atoms with van der Waals surface area (Å²) >= 11 is 0. The van der Waals surface area contributed by atoms with Gasteiger partial charge in [0.15, 0.2) is 11.5 Å². The van der Waals surface area contributed by atoms with Gasteiger partial charge in [0.05, 0.1) is 31.8 Å². The lowest BCUT2D eigenvalue weighted by molar-refractivity contribution is -0.138. The van der Waals surface area contributed by atoms with Crippen LogP contribution in [0.1, 0.15) is 29.6 Å². The molecule has 3 rings (SSSR count). The van der Waals surface area contributed by atoms with Crippen molar-refractivity contribution in [3.63, 3.8) is 0 Å². The number of esters is 3. The molecule has 39 heavy (non-hydrogen) atoms. The van der Waals surface area contributed by atoms with Gasteiger partial charge in [-0.1, -0.05) is 24.8 Å². The summed E-state index contributed by atoms with van der Waals surface area (Å²) in [5.41, 5.74) is 0.425. The minimum atomic E-state index is -1.62. The van der Waals surface area contributed by atoms with Crippen molar-refractivity contribution in [2.45, 2.75) is 19.3 Å². The highest BCUT2D eigenvalue weighted by molar-refractivity contribution is 6.58. The molecule has 0 saturated heterocycles. The summed E-state index contributed by atoms with van der Waals surface area (Å²) in [6, 6.07) is 10.0. The summed E-state index contributed by atoms with van der Waals surface area (Å²) in [6.07, 6.45) is 8.07. The van der Waals surface area contributed by atoms with Crippen LogP contribution in [0.4, 0.5) is 0 Å². The van der Waals surface area contributed by atoms with Crippen molar-refractivity contribution in [3.8, 4) is 17.2 Å². The van der Waals surface area contributed by atoms with E-state index in [-0.39, 0.29) is 28.3 Å². The highest BCUT2D eigenvalue weighted by Gasteiger charge is 2.22. The molecule has 1 atom stereocenters. The van der Waals surface area contributed by atoms with Gasteiger partial charge in [-0.3, -0.25) is 4.79 Å². The Morgan fingerprint density at radius 2 is 1.77 bits per heavy atom. The van der Waals surface area contributed by atoms with Crippen LogP contribution in [-0.2, 0) is 19.1 Å². The van der Waals surface area contributed by atoms with Crippen LogP contribution in [0.5, 0.6) is 17.2 Å². The maximum absolute atomic E-state index is 12.7. The van der Waals surface area contributed by atoms with E-state index in [1.54, 1.807) is 18.2 Å². The Labute approximate surface area is 226 Å². The molecule has 0 fully saturated rings. The van der Waals surface area contributed by atoms with E-state index < -0.39 is 30.9 Å². The third kappa shape index (κ3) is 8.87. The fraction of sp³-hybridized carbons (Fsp3) is 0.250. The number of hydrogen-bond donors (Lipinski definition) is 2. The van der Waals surface area contributed by atoms with Crippen molar-refractivity contribution in [2.75, 3.05) is 20.3 Å². The van der Waals surface area contributed by atoms with E-state index in [1.165, 1.54) is 49.6 Å². The zero-order chi connectivity index (χ0) is 28.2. The predicted octanol–water partition coefficient (Wildman–Crippen LogP) is 2.49. The molecule has 0 bridgehead atoms. The summed E-state index contributed by atoms with van der Waals surface area (Å²) in [5, 5.41) is 18.3. The lowest BCUT2D eigenvalue weighted by Gasteiger charge is -2.17. The van der Waals surface area contributed by atoms with Crippen molar-refractivity contribution in [1.29, 1.82) is 0 Å². The monoisotopic (exact) mass is 536 g/mol. The zero-order valence-electron chi connectivity index (χ0n) is 21.4. The van der Waals surface area contributed by atoms with Crippen molar-refractivity contribution < 1.29 is 48.1 Å². The lowest BCUT2D eigenvalue weighted by atomic mass is 9.80. The quantitative estimate of drug-likeness (QED) is 0.129. The largest absolute Gasteiger partial charge is 0.494 e. The maximum atomic E-state index is 12.7. The molecule has 0 amide bonds. The van der Waals surface area contributed by atoms with Crippen molar-refractivity contribution in [3.05, 3.63) is 84.7 Å². The van der Waals surface area contributed by atoms with Crippen LogP contribution in [-0.4, -0.2) is 55.4 Å². The molecule has 204 valence electrons. The molecule has 0 aromatic heterocycles. The molecule has 0 spiro atoms. The number of allylic oxidation sites excluding steroid dienone is 2. The molecule has 1 aliphatic carbocycles. The normalized spacial score (nSPS) is 14.0. The van der Waals surface area contributed by atoms with Crippen LogP contribution in [0.2, 0.25) is 0 Å². The Morgan fingerprint density at radius 3 is 2.41 bits per heavy atom. The summed E-state index contributed by atoms with van der Waals surface area (Å²) in [4.78, 5) is 36.3. The van der Waals surface area contributed by atoms with Gasteiger partial charge in [-0.15, -0.1) is 0 Å². The van der Waals surface area contributed by atoms with Crippen LogP contribution in [0.15, 0.2) is 79.1 Å². The van der Waals surface area contributed by atoms with Crippen molar-refractivity contribution in [2.24, 2.45) is 5.92 Å². The molecule has 10 nitrogen and oxygen atoms in total. The van der Waals surface area contributed by atoms with Gasteiger partial charge in [-0.2, -0.15) is 0 Å². The molecule has 0 radical (unpaired) electrons. The zero-order valence-corrected chi connectivity index (χ0v) is 21.4. The summed E-state index contributed by atoms with van der Waals surface area (Å²) < 4.78 is 26.7. The van der Waals surface area contributed by atoms with Gasteiger partial charge in [-0.25, -0.2) is 9.59 Å². The number of unbranched alkanes of at least 4 members (excludes halogenated alkanes) is 1. The lowest BCUT2D eigenvalue weighted by Crippen LogP contribution is -2.29. The Bertz CT molecular complexity index is 1230. The smallest absolute Gasteiger partial charge is 0.488 e. The van der Waals surface area contributed by atoms with E-state index in [0.29, 0.717) is 38.2 Å². The van der Waals surface area contributed by atoms with E-state index in [2.05, 4.69) is 6.58 Å². The molecule has 1 aliphatic rings. The van der Waals surface area contributed by atoms with Crippen LogP contribution < -0.4 is 19.7 Å². The summed E-state index contributed by atoms with van der Waals surface area (Å²) in [7, 11) is -0.236. The van der Waals surface area contributed by atoms with Gasteiger partial charge in [0.1, 0.15) is 11.5 Å². The first-order chi connectivity index (χ1) is 18.8. The van der Waals surface area contributed by atoms with Crippen LogP contribution in [0.3, 0.4) is 0 Å². The van der Waals surface area contributed by atoms with Crippen molar-refractivity contribution in [1.82, 2.24) is 0 Å². The van der Waals surface area contributed by atoms with Gasteiger partial charge in [0, 0.05) is 6.08 Å². The number of rotatable bonds is 13. The standard InChI is InChI=1S/C28H29BO10/c1-3-26(30)37-17-5-4-16-36-22-11-6-19(7-12-22)27(31)39-24-15-8-20(18-25(24)35-2)28(32)38-23-13-9-21(10-14-23)29(33)34/h3,6,8-15,18-19,33-34H,1,4-5,7,16-17H2,2H3. The van der Waals surface area contributed by atoms with Gasteiger partial charge in [0.25, 0.3) is 0 Å². The summed E-state index contributed by atoms with van der Waals surface area (Å²) in [5.74, 6) is -0.957. The molecule has 1 unspecified atom stereocenters. The first kappa shape index (κ1) is 29.2. The first-order valence-electron chi connectivity index (χ1n) is 12.2. The fourth-order valence-corrected chi connectivity index (χ4v) is 3.45. The van der Waals surface area contributed by atoms with E-state index in [1.807, 2.05) is 0 Å². The van der Waals surface area contributed by atoms with E-state index in [4.69, 9.17) is 33.7 Å². The van der Waals surface area contributed by atoms with E-state index in [9.17, 15) is 14.4 Å². The van der Waals surface area contributed by atoms with Crippen molar-refractivity contribution >= 4 is 30.5 Å². The molecule has 0 saturated carbocycles. The number of carbonyl (C=O) groups is 3. The highest BCUT2D eigenvalue weighted by Crippen LogP contribution is 2.30. The van der Waals surface area contributed by atoms with Gasteiger partial charge < -0.3 is 33.7 Å².